The number of aliphatic hydroxyl groups is 1. The molecule has 5 rings (SSSR count). The lowest BCUT2D eigenvalue weighted by Crippen LogP contribution is -2.59. The minimum atomic E-state index is -1.40. The fraction of sp³-hybridized carbons (Fsp3) is 0.552. The Morgan fingerprint density at radius 3 is 2.50 bits per heavy atom. The number of cyclic esters (lactones) is 1. The van der Waals surface area contributed by atoms with Crippen molar-refractivity contribution in [3.8, 4) is 0 Å². The summed E-state index contributed by atoms with van der Waals surface area (Å²) < 4.78 is 12.4. The molecule has 1 aromatic carbocycles. The Kier molecular flexibility index (Phi) is 7.18. The van der Waals surface area contributed by atoms with Crippen molar-refractivity contribution in [3.05, 3.63) is 53.6 Å². The minimum Gasteiger partial charge on any atom is -0.465 e. The standard InChI is InChI=1S/C29H35ClN2O6/c1-18(2)16-21(17-33)32-24-26(35)31(20-10-8-19(30)9-11-20)14-7-13-29(24)22(25(32)34)23-27(36)37-15-6-4-5-12-28(23,3)38-29/h5,7-13,18,21-24,33H,4,6,14-17H2,1-3H3/b12-5-/t21-,22+,23+,24?,28-,29+/m1/s1. The summed E-state index contributed by atoms with van der Waals surface area (Å²) in [4.78, 5) is 45.4. The Morgan fingerprint density at radius 2 is 1.82 bits per heavy atom. The van der Waals surface area contributed by atoms with Crippen molar-refractivity contribution in [2.75, 3.05) is 24.7 Å². The van der Waals surface area contributed by atoms with Crippen LogP contribution in [0.2, 0.25) is 5.02 Å². The second-order valence-electron chi connectivity index (χ2n) is 11.2. The number of ether oxygens (including phenoxy) is 2. The van der Waals surface area contributed by atoms with Gasteiger partial charge in [-0.1, -0.05) is 49.8 Å². The van der Waals surface area contributed by atoms with Crippen molar-refractivity contribution in [3.63, 3.8) is 0 Å². The lowest BCUT2D eigenvalue weighted by atomic mass is 9.74. The van der Waals surface area contributed by atoms with Crippen LogP contribution in [0.4, 0.5) is 5.69 Å². The molecule has 1 aromatic rings. The number of carbonyl (C=O) groups excluding carboxylic acids is 3. The number of carbonyl (C=O) groups is 3. The smallest absolute Gasteiger partial charge is 0.313 e. The van der Waals surface area contributed by atoms with Crippen LogP contribution < -0.4 is 4.90 Å². The van der Waals surface area contributed by atoms with E-state index in [0.717, 1.165) is 0 Å². The summed E-state index contributed by atoms with van der Waals surface area (Å²) in [6, 6.07) is 5.26. The van der Waals surface area contributed by atoms with Crippen LogP contribution in [0, 0.1) is 17.8 Å². The molecule has 2 amide bonds. The molecule has 38 heavy (non-hydrogen) atoms. The highest BCUT2D eigenvalue weighted by molar-refractivity contribution is 6.30. The average molecular weight is 543 g/mol. The predicted molar refractivity (Wildman–Crippen MR) is 142 cm³/mol. The van der Waals surface area contributed by atoms with Gasteiger partial charge in [-0.25, -0.2) is 0 Å². The van der Waals surface area contributed by atoms with Crippen molar-refractivity contribution in [1.82, 2.24) is 4.90 Å². The van der Waals surface area contributed by atoms with Gasteiger partial charge in [0.15, 0.2) is 0 Å². The Labute approximate surface area is 228 Å². The fourth-order valence-corrected chi connectivity index (χ4v) is 6.77. The van der Waals surface area contributed by atoms with Crippen LogP contribution in [0.25, 0.3) is 0 Å². The van der Waals surface area contributed by atoms with Crippen LogP contribution in [-0.4, -0.2) is 70.8 Å². The number of hydrogen-bond donors (Lipinski definition) is 1. The average Bonchev–Trinajstić information content (AvgIpc) is 3.22. The van der Waals surface area contributed by atoms with Gasteiger partial charge < -0.3 is 24.4 Å². The number of anilines is 1. The molecule has 6 atom stereocenters. The molecular weight excluding hydrogens is 508 g/mol. The first-order chi connectivity index (χ1) is 18.1. The lowest BCUT2D eigenvalue weighted by molar-refractivity contribution is -0.159. The summed E-state index contributed by atoms with van der Waals surface area (Å²) in [5.74, 6) is -2.95. The van der Waals surface area contributed by atoms with Gasteiger partial charge in [0, 0.05) is 17.3 Å². The van der Waals surface area contributed by atoms with Gasteiger partial charge in [-0.2, -0.15) is 0 Å². The summed E-state index contributed by atoms with van der Waals surface area (Å²) in [6.45, 7) is 5.99. The predicted octanol–water partition coefficient (Wildman–Crippen LogP) is 3.51. The van der Waals surface area contributed by atoms with Crippen molar-refractivity contribution in [1.29, 1.82) is 0 Å². The topological polar surface area (TPSA) is 96.4 Å². The van der Waals surface area contributed by atoms with Crippen LogP contribution >= 0.6 is 11.6 Å². The van der Waals surface area contributed by atoms with Gasteiger partial charge in [0.1, 0.15) is 17.6 Å². The van der Waals surface area contributed by atoms with E-state index in [1.807, 2.05) is 32.1 Å². The van der Waals surface area contributed by atoms with Crippen molar-refractivity contribution in [2.45, 2.75) is 63.3 Å². The van der Waals surface area contributed by atoms with Gasteiger partial charge in [-0.3, -0.25) is 14.4 Å². The van der Waals surface area contributed by atoms with E-state index < -0.39 is 41.1 Å². The molecular formula is C29H35ClN2O6. The Bertz CT molecular complexity index is 1170. The van der Waals surface area contributed by atoms with Crippen LogP contribution in [-0.2, 0) is 23.9 Å². The minimum absolute atomic E-state index is 0.157. The molecule has 1 N–H and O–H groups in total. The van der Waals surface area contributed by atoms with Crippen LogP contribution in [0.3, 0.4) is 0 Å². The zero-order valence-electron chi connectivity index (χ0n) is 22.0. The summed E-state index contributed by atoms with van der Waals surface area (Å²) in [7, 11) is 0. The second kappa shape index (κ2) is 10.1. The van der Waals surface area contributed by atoms with E-state index in [9.17, 15) is 19.5 Å². The first-order valence-corrected chi connectivity index (χ1v) is 13.7. The first kappa shape index (κ1) is 26.9. The molecule has 2 saturated heterocycles. The van der Waals surface area contributed by atoms with E-state index in [2.05, 4.69) is 0 Å². The van der Waals surface area contributed by atoms with E-state index in [-0.39, 0.29) is 37.5 Å². The third-order valence-corrected chi connectivity index (χ3v) is 8.43. The number of fused-ring (bicyclic) bond motifs is 2. The monoisotopic (exact) mass is 542 g/mol. The summed E-state index contributed by atoms with van der Waals surface area (Å²) in [5, 5.41) is 11.0. The maximum atomic E-state index is 14.5. The normalized spacial score (nSPS) is 34.6. The molecule has 204 valence electrons. The van der Waals surface area contributed by atoms with Crippen molar-refractivity contribution >= 4 is 35.1 Å². The Hall–Kier alpha value is -2.68. The highest BCUT2D eigenvalue weighted by Gasteiger charge is 2.75. The third-order valence-electron chi connectivity index (χ3n) is 8.17. The van der Waals surface area contributed by atoms with E-state index >= 15 is 0 Å². The molecule has 4 aliphatic rings. The van der Waals surface area contributed by atoms with Crippen LogP contribution in [0.15, 0.2) is 48.6 Å². The molecule has 1 unspecified atom stereocenters. The number of rotatable bonds is 5. The highest BCUT2D eigenvalue weighted by Crippen LogP contribution is 2.57. The zero-order valence-corrected chi connectivity index (χ0v) is 22.8. The van der Waals surface area contributed by atoms with Crippen molar-refractivity contribution in [2.24, 2.45) is 17.8 Å². The maximum Gasteiger partial charge on any atom is 0.313 e. The maximum absolute atomic E-state index is 14.5. The fourth-order valence-electron chi connectivity index (χ4n) is 6.64. The molecule has 4 aliphatic heterocycles. The summed E-state index contributed by atoms with van der Waals surface area (Å²) in [5.41, 5.74) is -1.91. The number of likely N-dealkylation sites (tertiary alicyclic amines) is 1. The molecule has 4 heterocycles. The Balaban J connectivity index is 1.67. The van der Waals surface area contributed by atoms with Gasteiger partial charge in [0.25, 0.3) is 5.91 Å². The number of amides is 2. The summed E-state index contributed by atoms with van der Waals surface area (Å²) in [6.07, 6.45) is 9.32. The molecule has 8 nitrogen and oxygen atoms in total. The Morgan fingerprint density at radius 1 is 1.08 bits per heavy atom. The molecule has 0 aromatic heterocycles. The zero-order chi connectivity index (χ0) is 27.2. The van der Waals surface area contributed by atoms with E-state index in [1.165, 1.54) is 4.90 Å². The molecule has 0 radical (unpaired) electrons. The first-order valence-electron chi connectivity index (χ1n) is 13.3. The number of allylic oxidation sites excluding steroid dienone is 1. The molecule has 9 heteroatoms. The number of esters is 1. The number of halogens is 1. The SMILES string of the molecule is CC(C)C[C@H](CO)N1C(=O)[C@@H]2[C@H]3C(=O)OCCC/C=C\[C@@]3(C)O[C@@]23C=CCN(c2ccc(Cl)cc2)C(=O)C13. The van der Waals surface area contributed by atoms with E-state index in [0.29, 0.717) is 30.0 Å². The van der Waals surface area contributed by atoms with E-state index in [4.69, 9.17) is 21.1 Å². The number of benzene rings is 1. The number of aliphatic hydroxyl groups excluding tert-OH is 1. The third kappa shape index (κ3) is 4.27. The highest BCUT2D eigenvalue weighted by atomic mass is 35.5. The molecule has 0 saturated carbocycles. The van der Waals surface area contributed by atoms with Gasteiger partial charge in [0.05, 0.1) is 30.8 Å². The molecule has 2 fully saturated rings. The summed E-state index contributed by atoms with van der Waals surface area (Å²) >= 11 is 6.10. The molecule has 1 spiro atoms. The number of nitrogens with zero attached hydrogens (tertiary/aromatic N) is 2. The van der Waals surface area contributed by atoms with Gasteiger partial charge in [0.2, 0.25) is 5.91 Å². The quantitative estimate of drug-likeness (QED) is 0.452. The van der Waals surface area contributed by atoms with Gasteiger partial charge >= 0.3 is 5.97 Å². The van der Waals surface area contributed by atoms with Crippen molar-refractivity contribution < 1.29 is 29.0 Å². The van der Waals surface area contributed by atoms with Crippen LogP contribution in [0.1, 0.15) is 40.0 Å². The van der Waals surface area contributed by atoms with Crippen LogP contribution in [0.5, 0.6) is 0 Å². The van der Waals surface area contributed by atoms with Gasteiger partial charge in [-0.15, -0.1) is 0 Å². The second-order valence-corrected chi connectivity index (χ2v) is 11.7. The van der Waals surface area contributed by atoms with Gasteiger partial charge in [-0.05, 0) is 56.4 Å². The largest absolute Gasteiger partial charge is 0.465 e. The number of hydrogen-bond acceptors (Lipinski definition) is 6. The molecule has 0 aliphatic carbocycles. The van der Waals surface area contributed by atoms with E-state index in [1.54, 1.807) is 42.2 Å². The molecule has 0 bridgehead atoms. The lowest BCUT2D eigenvalue weighted by Gasteiger charge is -2.40.